The van der Waals surface area contributed by atoms with Crippen molar-refractivity contribution in [2.45, 2.75) is 19.8 Å². The van der Waals surface area contributed by atoms with Gasteiger partial charge in [0.25, 0.3) is 0 Å². The van der Waals surface area contributed by atoms with E-state index in [2.05, 4.69) is 20.5 Å². The molecular weight excluding hydrogens is 321 g/mol. The summed E-state index contributed by atoms with van der Waals surface area (Å²) in [6, 6.07) is 9.50. The number of aromatic nitrogens is 3. The number of hydrogen-bond acceptors (Lipinski definition) is 3. The summed E-state index contributed by atoms with van der Waals surface area (Å²) in [6.07, 6.45) is 0. The number of nitrogens with one attached hydrogen (secondary N) is 2. The Hall–Kier alpha value is -2.44. The molecule has 0 aliphatic carbocycles. The first-order valence-corrected chi connectivity index (χ1v) is 8.65. The van der Waals surface area contributed by atoms with Crippen LogP contribution in [-0.4, -0.2) is 52.4 Å². The van der Waals surface area contributed by atoms with Gasteiger partial charge < -0.3 is 10.2 Å². The number of halogens is 1. The molecule has 1 aliphatic heterocycles. The van der Waals surface area contributed by atoms with E-state index in [1.54, 1.807) is 4.90 Å². The lowest BCUT2D eigenvalue weighted by Gasteiger charge is -2.17. The Morgan fingerprint density at radius 2 is 2.12 bits per heavy atom. The van der Waals surface area contributed by atoms with Crippen LogP contribution in [0.25, 0.3) is 11.4 Å². The zero-order valence-electron chi connectivity index (χ0n) is 14.6. The van der Waals surface area contributed by atoms with Gasteiger partial charge in [-0.25, -0.2) is 9.78 Å². The van der Waals surface area contributed by atoms with Crippen molar-refractivity contribution in [2.75, 3.05) is 26.3 Å². The third-order valence-corrected chi connectivity index (χ3v) is 4.47. The molecule has 0 radical (unpaired) electrons. The predicted molar refractivity (Wildman–Crippen MR) is 93.8 cm³/mol. The van der Waals surface area contributed by atoms with Crippen molar-refractivity contribution in [3.8, 4) is 11.4 Å². The highest BCUT2D eigenvalue weighted by molar-refractivity contribution is 5.74. The van der Waals surface area contributed by atoms with Crippen LogP contribution in [0.3, 0.4) is 0 Å². The lowest BCUT2D eigenvalue weighted by molar-refractivity contribution is 0.204. The summed E-state index contributed by atoms with van der Waals surface area (Å²) in [4.78, 5) is 18.5. The molecule has 0 spiro atoms. The third-order valence-electron chi connectivity index (χ3n) is 4.47. The maximum Gasteiger partial charge on any atom is 0.317 e. The molecule has 2 atom stereocenters. The lowest BCUT2D eigenvalue weighted by Crippen LogP contribution is -2.40. The lowest BCUT2D eigenvalue weighted by atomic mass is 9.97. The van der Waals surface area contributed by atoms with Gasteiger partial charge in [0, 0.05) is 37.0 Å². The fourth-order valence-corrected chi connectivity index (χ4v) is 3.06. The fourth-order valence-electron chi connectivity index (χ4n) is 3.06. The van der Waals surface area contributed by atoms with Crippen LogP contribution in [0.15, 0.2) is 30.3 Å². The van der Waals surface area contributed by atoms with Gasteiger partial charge in [-0.15, -0.1) is 0 Å². The molecule has 1 fully saturated rings. The zero-order valence-corrected chi connectivity index (χ0v) is 14.6. The van der Waals surface area contributed by atoms with Gasteiger partial charge in [-0.05, 0) is 5.92 Å². The van der Waals surface area contributed by atoms with Crippen molar-refractivity contribution in [1.29, 1.82) is 0 Å². The molecule has 2 amide bonds. The normalized spacial score (nSPS) is 20.2. The van der Waals surface area contributed by atoms with Gasteiger partial charge in [0.05, 0.1) is 6.67 Å². The van der Waals surface area contributed by atoms with Gasteiger partial charge in [0.1, 0.15) is 5.82 Å². The van der Waals surface area contributed by atoms with Gasteiger partial charge in [-0.3, -0.25) is 9.49 Å². The average Bonchev–Trinajstić information content (AvgIpc) is 3.27. The number of H-pyrrole nitrogens is 1. The first-order chi connectivity index (χ1) is 12.1. The Bertz CT molecular complexity index is 703. The number of urea groups is 1. The maximum absolute atomic E-state index is 13.5. The number of nitrogens with zero attached hydrogens (tertiary/aromatic N) is 3. The Morgan fingerprint density at radius 1 is 1.36 bits per heavy atom. The Morgan fingerprint density at radius 3 is 2.80 bits per heavy atom. The first-order valence-electron chi connectivity index (χ1n) is 8.65. The topological polar surface area (TPSA) is 73.9 Å². The van der Waals surface area contributed by atoms with E-state index in [0.717, 1.165) is 5.56 Å². The molecule has 134 valence electrons. The molecule has 3 rings (SSSR count). The number of carbonyl (C=O) groups excluding carboxylic acids is 1. The minimum atomic E-state index is -0.486. The SMILES string of the molecule is CC(C)CNC(=O)N1C[C@@H](CF)[C@H](c2nc(-c3ccccc3)n[nH]2)C1. The zero-order chi connectivity index (χ0) is 17.8. The van der Waals surface area contributed by atoms with E-state index in [1.807, 2.05) is 44.2 Å². The van der Waals surface area contributed by atoms with Crippen molar-refractivity contribution in [2.24, 2.45) is 11.8 Å². The minimum Gasteiger partial charge on any atom is -0.338 e. The summed E-state index contributed by atoms with van der Waals surface area (Å²) in [5.74, 6) is 1.18. The van der Waals surface area contributed by atoms with Crippen molar-refractivity contribution in [3.05, 3.63) is 36.2 Å². The minimum absolute atomic E-state index is 0.141. The summed E-state index contributed by atoms with van der Waals surface area (Å²) in [7, 11) is 0. The van der Waals surface area contributed by atoms with Crippen LogP contribution in [-0.2, 0) is 0 Å². The third kappa shape index (κ3) is 3.97. The second-order valence-electron chi connectivity index (χ2n) is 6.92. The van der Waals surface area contributed by atoms with Gasteiger partial charge in [-0.2, -0.15) is 5.10 Å². The molecule has 2 N–H and O–H groups in total. The number of benzene rings is 1. The molecule has 7 heteroatoms. The summed E-state index contributed by atoms with van der Waals surface area (Å²) in [6.45, 7) is 5.04. The molecule has 6 nitrogen and oxygen atoms in total. The number of aromatic amines is 1. The van der Waals surface area contributed by atoms with E-state index < -0.39 is 6.67 Å². The number of hydrogen-bond donors (Lipinski definition) is 2. The number of alkyl halides is 1. The number of amides is 2. The average molecular weight is 345 g/mol. The molecule has 1 aromatic carbocycles. The van der Waals surface area contributed by atoms with E-state index in [0.29, 0.717) is 37.2 Å². The molecule has 25 heavy (non-hydrogen) atoms. The van der Waals surface area contributed by atoms with Crippen LogP contribution in [0, 0.1) is 11.8 Å². The maximum atomic E-state index is 13.5. The van der Waals surface area contributed by atoms with Crippen molar-refractivity contribution in [3.63, 3.8) is 0 Å². The van der Waals surface area contributed by atoms with Crippen LogP contribution in [0.4, 0.5) is 9.18 Å². The molecule has 0 unspecified atom stereocenters. The van der Waals surface area contributed by atoms with Crippen molar-refractivity contribution >= 4 is 6.03 Å². The number of carbonyl (C=O) groups is 1. The monoisotopic (exact) mass is 345 g/mol. The second-order valence-corrected chi connectivity index (χ2v) is 6.92. The summed E-state index contributed by atoms with van der Waals surface area (Å²) in [5.41, 5.74) is 0.909. The molecule has 0 saturated carbocycles. The van der Waals surface area contributed by atoms with Crippen molar-refractivity contribution < 1.29 is 9.18 Å². The summed E-state index contributed by atoms with van der Waals surface area (Å²) in [5, 5.41) is 10.1. The van der Waals surface area contributed by atoms with Gasteiger partial charge in [-0.1, -0.05) is 44.2 Å². The molecule has 2 aromatic rings. The highest BCUT2D eigenvalue weighted by Crippen LogP contribution is 2.32. The van der Waals surface area contributed by atoms with E-state index >= 15 is 0 Å². The van der Waals surface area contributed by atoms with Crippen LogP contribution >= 0.6 is 0 Å². The van der Waals surface area contributed by atoms with Gasteiger partial charge >= 0.3 is 6.03 Å². The standard InChI is InChI=1S/C18H24FN5O/c1-12(2)9-20-18(25)24-10-14(8-19)15(11-24)17-21-16(22-23-17)13-6-4-3-5-7-13/h3-7,12,14-15H,8-11H2,1-2H3,(H,20,25)(H,21,22,23)/t14-,15-/m1/s1. The predicted octanol–water partition coefficient (Wildman–Crippen LogP) is 2.82. The highest BCUT2D eigenvalue weighted by atomic mass is 19.1. The van der Waals surface area contributed by atoms with Crippen LogP contribution in [0.5, 0.6) is 0 Å². The molecule has 1 aliphatic rings. The second kappa shape index (κ2) is 7.63. The van der Waals surface area contributed by atoms with E-state index in [9.17, 15) is 9.18 Å². The Balaban J connectivity index is 1.71. The van der Waals surface area contributed by atoms with Gasteiger partial charge in [0.15, 0.2) is 5.82 Å². The number of likely N-dealkylation sites (tertiary alicyclic amines) is 1. The highest BCUT2D eigenvalue weighted by Gasteiger charge is 2.38. The van der Waals surface area contributed by atoms with Crippen molar-refractivity contribution in [1.82, 2.24) is 25.4 Å². The van der Waals surface area contributed by atoms with Gasteiger partial charge in [0.2, 0.25) is 0 Å². The molecular formula is C18H24FN5O. The molecule has 1 aromatic heterocycles. The van der Waals surface area contributed by atoms with Crippen LogP contribution < -0.4 is 5.32 Å². The summed E-state index contributed by atoms with van der Waals surface area (Å²) >= 11 is 0. The van der Waals surface area contributed by atoms with E-state index in [4.69, 9.17) is 0 Å². The fraction of sp³-hybridized carbons (Fsp3) is 0.500. The van der Waals surface area contributed by atoms with Crippen LogP contribution in [0.2, 0.25) is 0 Å². The van der Waals surface area contributed by atoms with Crippen LogP contribution in [0.1, 0.15) is 25.6 Å². The smallest absolute Gasteiger partial charge is 0.317 e. The summed E-state index contributed by atoms with van der Waals surface area (Å²) < 4.78 is 13.5. The first kappa shape index (κ1) is 17.4. The largest absolute Gasteiger partial charge is 0.338 e. The van der Waals surface area contributed by atoms with E-state index in [-0.39, 0.29) is 17.9 Å². The van der Waals surface area contributed by atoms with E-state index in [1.165, 1.54) is 0 Å². The Labute approximate surface area is 146 Å². The molecule has 1 saturated heterocycles. The molecule has 0 bridgehead atoms. The quantitative estimate of drug-likeness (QED) is 0.875. The number of rotatable bonds is 5. The molecule has 2 heterocycles. The Kier molecular flexibility index (Phi) is 5.31.